The molecule has 0 aromatic heterocycles. The number of carbonyl (C=O) groups excluding carboxylic acids is 2. The van der Waals surface area contributed by atoms with Crippen molar-refractivity contribution >= 4 is 23.2 Å². The summed E-state index contributed by atoms with van der Waals surface area (Å²) in [6.07, 6.45) is 5.58. The smallest absolute Gasteiger partial charge is 0.230 e. The summed E-state index contributed by atoms with van der Waals surface area (Å²) in [5.74, 6) is 1.12. The summed E-state index contributed by atoms with van der Waals surface area (Å²) in [6.45, 7) is 0.843. The van der Waals surface area contributed by atoms with Crippen molar-refractivity contribution in [1.29, 1.82) is 0 Å². The van der Waals surface area contributed by atoms with Gasteiger partial charge in [-0.05, 0) is 61.3 Å². The van der Waals surface area contributed by atoms with Gasteiger partial charge in [0.25, 0.3) is 0 Å². The molecule has 2 saturated carbocycles. The van der Waals surface area contributed by atoms with E-state index in [-0.39, 0.29) is 17.2 Å². The predicted octanol–water partition coefficient (Wildman–Crippen LogP) is 2.26. The van der Waals surface area contributed by atoms with Crippen LogP contribution in [0.3, 0.4) is 0 Å². The van der Waals surface area contributed by atoms with Gasteiger partial charge in [0, 0.05) is 18.7 Å². The van der Waals surface area contributed by atoms with Crippen LogP contribution in [0.5, 0.6) is 0 Å². The fourth-order valence-corrected chi connectivity index (χ4v) is 4.05. The van der Waals surface area contributed by atoms with Gasteiger partial charge in [0.05, 0.1) is 11.1 Å². The number of nitrogens with one attached hydrogen (secondary N) is 1. The molecule has 1 aromatic rings. The molecule has 2 aliphatic carbocycles. The lowest BCUT2D eigenvalue weighted by Crippen LogP contribution is -2.39. The van der Waals surface area contributed by atoms with Gasteiger partial charge in [-0.3, -0.25) is 9.59 Å². The van der Waals surface area contributed by atoms with Gasteiger partial charge in [0.15, 0.2) is 0 Å². The van der Waals surface area contributed by atoms with Crippen molar-refractivity contribution in [2.75, 3.05) is 16.8 Å². The molecular weight excluding hydrogens is 264 g/mol. The van der Waals surface area contributed by atoms with Gasteiger partial charge in [0.2, 0.25) is 11.8 Å². The molecule has 1 aromatic carbocycles. The summed E-state index contributed by atoms with van der Waals surface area (Å²) in [5, 5.41) is 3.12. The lowest BCUT2D eigenvalue weighted by Gasteiger charge is -2.35. The van der Waals surface area contributed by atoms with Gasteiger partial charge in [-0.2, -0.15) is 0 Å². The summed E-state index contributed by atoms with van der Waals surface area (Å²) in [4.78, 5) is 26.2. The summed E-state index contributed by atoms with van der Waals surface area (Å²) in [5.41, 5.74) is 4.52. The molecule has 4 heteroatoms. The van der Waals surface area contributed by atoms with Gasteiger partial charge >= 0.3 is 0 Å². The molecule has 0 atom stereocenters. The van der Waals surface area contributed by atoms with Crippen LogP contribution in [0, 0.1) is 11.3 Å². The second-order valence-electron chi connectivity index (χ2n) is 7.01. The first kappa shape index (κ1) is 11.8. The van der Waals surface area contributed by atoms with E-state index in [9.17, 15) is 9.59 Å². The van der Waals surface area contributed by atoms with Gasteiger partial charge in [-0.1, -0.05) is 0 Å². The van der Waals surface area contributed by atoms with Crippen molar-refractivity contribution in [1.82, 2.24) is 0 Å². The molecular formula is C17H18N2O2. The van der Waals surface area contributed by atoms with Gasteiger partial charge in [0.1, 0.15) is 0 Å². The molecule has 0 unspecified atom stereocenters. The number of fused-ring (bicyclic) bond motifs is 1. The molecule has 2 heterocycles. The van der Waals surface area contributed by atoms with Crippen LogP contribution < -0.4 is 10.2 Å². The number of hydrogen-bond donors (Lipinski definition) is 1. The van der Waals surface area contributed by atoms with Crippen LogP contribution in [0.1, 0.15) is 36.8 Å². The quantitative estimate of drug-likeness (QED) is 0.904. The first-order valence-electron chi connectivity index (χ1n) is 7.95. The fraction of sp³-hybridized carbons (Fsp3) is 0.529. The number of anilines is 2. The normalized spacial score (nSPS) is 31.3. The topological polar surface area (TPSA) is 49.4 Å². The van der Waals surface area contributed by atoms with Crippen molar-refractivity contribution < 1.29 is 9.59 Å². The maximum absolute atomic E-state index is 12.3. The highest BCUT2D eigenvalue weighted by Crippen LogP contribution is 2.75. The molecule has 5 rings (SSSR count). The van der Waals surface area contributed by atoms with E-state index in [0.717, 1.165) is 50.0 Å². The Morgan fingerprint density at radius 2 is 1.90 bits per heavy atom. The fourth-order valence-electron chi connectivity index (χ4n) is 4.05. The minimum absolute atomic E-state index is 0.00906. The maximum Gasteiger partial charge on any atom is 0.230 e. The molecule has 2 fully saturated rings. The zero-order valence-electron chi connectivity index (χ0n) is 11.9. The number of aryl methyl sites for hydroxylation is 2. The Labute approximate surface area is 123 Å². The summed E-state index contributed by atoms with van der Waals surface area (Å²) in [6, 6.07) is 4.16. The first-order chi connectivity index (χ1) is 10.2. The molecule has 2 amide bonds. The van der Waals surface area contributed by atoms with Crippen molar-refractivity contribution in [3.63, 3.8) is 0 Å². The first-order valence-corrected chi connectivity index (χ1v) is 7.95. The Hall–Kier alpha value is -1.84. The number of nitrogens with zero attached hydrogens (tertiary/aromatic N) is 1. The number of carbonyl (C=O) groups is 2. The monoisotopic (exact) mass is 282 g/mol. The minimum Gasteiger partial charge on any atom is -0.326 e. The zero-order valence-corrected chi connectivity index (χ0v) is 11.9. The highest BCUT2D eigenvalue weighted by molar-refractivity contribution is 6.02. The molecule has 21 heavy (non-hydrogen) atoms. The lowest BCUT2D eigenvalue weighted by molar-refractivity contribution is -0.119. The van der Waals surface area contributed by atoms with E-state index in [1.165, 1.54) is 11.1 Å². The van der Waals surface area contributed by atoms with E-state index >= 15 is 0 Å². The SMILES string of the molecule is O=C1CCc2cc(NC(=O)C34CC3C4)cc3c2N1CCC3. The van der Waals surface area contributed by atoms with Crippen LogP contribution in [0.15, 0.2) is 12.1 Å². The van der Waals surface area contributed by atoms with Crippen molar-refractivity contribution in [2.24, 2.45) is 11.3 Å². The summed E-state index contributed by atoms with van der Waals surface area (Å²) >= 11 is 0. The summed E-state index contributed by atoms with van der Waals surface area (Å²) < 4.78 is 0. The van der Waals surface area contributed by atoms with Crippen LogP contribution in [0.2, 0.25) is 0 Å². The molecule has 0 spiro atoms. The Morgan fingerprint density at radius 3 is 2.62 bits per heavy atom. The second kappa shape index (κ2) is 3.67. The largest absolute Gasteiger partial charge is 0.326 e. The molecule has 108 valence electrons. The van der Waals surface area contributed by atoms with Crippen LogP contribution in [-0.2, 0) is 22.4 Å². The molecule has 0 radical (unpaired) electrons. The maximum atomic E-state index is 12.3. The average molecular weight is 282 g/mol. The number of amides is 2. The van der Waals surface area contributed by atoms with E-state index in [1.54, 1.807) is 0 Å². The standard InChI is InChI=1S/C17H18N2O2/c20-14-4-3-11-7-13(18-16(21)17-8-12(17)9-17)6-10-2-1-5-19(14)15(10)11/h6-7,12H,1-5,8-9H2,(H,18,21). The van der Waals surface area contributed by atoms with Crippen LogP contribution in [0.25, 0.3) is 0 Å². The van der Waals surface area contributed by atoms with E-state index < -0.39 is 0 Å². The third kappa shape index (κ3) is 1.56. The second-order valence-corrected chi connectivity index (χ2v) is 7.01. The van der Waals surface area contributed by atoms with Crippen molar-refractivity contribution in [3.8, 4) is 0 Å². The molecule has 1 N–H and O–H groups in total. The van der Waals surface area contributed by atoms with E-state index in [2.05, 4.69) is 17.4 Å². The zero-order chi connectivity index (χ0) is 14.2. The third-order valence-electron chi connectivity index (χ3n) is 5.67. The van der Waals surface area contributed by atoms with Gasteiger partial charge < -0.3 is 10.2 Å². The van der Waals surface area contributed by atoms with Crippen LogP contribution in [0.4, 0.5) is 11.4 Å². The number of hydrogen-bond acceptors (Lipinski definition) is 2. The average Bonchev–Trinajstić information content (AvgIpc) is 3.32. The minimum atomic E-state index is 0.00906. The van der Waals surface area contributed by atoms with E-state index in [0.29, 0.717) is 12.3 Å². The number of benzene rings is 1. The lowest BCUT2D eigenvalue weighted by atomic mass is 9.91. The van der Waals surface area contributed by atoms with Crippen LogP contribution >= 0.6 is 0 Å². The Kier molecular flexibility index (Phi) is 2.06. The van der Waals surface area contributed by atoms with E-state index in [4.69, 9.17) is 0 Å². The molecule has 4 aliphatic rings. The predicted molar refractivity (Wildman–Crippen MR) is 79.2 cm³/mol. The highest BCUT2D eigenvalue weighted by atomic mass is 16.2. The Balaban J connectivity index is 1.51. The van der Waals surface area contributed by atoms with Crippen LogP contribution in [-0.4, -0.2) is 18.4 Å². The molecule has 2 aliphatic heterocycles. The van der Waals surface area contributed by atoms with Gasteiger partial charge in [-0.15, -0.1) is 0 Å². The molecule has 4 nitrogen and oxygen atoms in total. The van der Waals surface area contributed by atoms with Gasteiger partial charge in [-0.25, -0.2) is 0 Å². The van der Waals surface area contributed by atoms with E-state index in [1.807, 2.05) is 4.90 Å². The molecule has 0 saturated heterocycles. The molecule has 0 bridgehead atoms. The summed E-state index contributed by atoms with van der Waals surface area (Å²) in [7, 11) is 0. The highest BCUT2D eigenvalue weighted by Gasteiger charge is 2.74. The Bertz CT molecular complexity index is 671. The van der Waals surface area contributed by atoms with Crippen molar-refractivity contribution in [3.05, 3.63) is 23.3 Å². The third-order valence-corrected chi connectivity index (χ3v) is 5.67. The number of rotatable bonds is 2. The van der Waals surface area contributed by atoms with Crippen molar-refractivity contribution in [2.45, 2.75) is 38.5 Å². The Morgan fingerprint density at radius 1 is 1.19 bits per heavy atom.